The lowest BCUT2D eigenvalue weighted by molar-refractivity contribution is 0.0403. The number of piperidine rings is 1. The number of halogens is 2. The normalized spacial score (nSPS) is 16.2. The summed E-state index contributed by atoms with van der Waals surface area (Å²) in [7, 11) is 0. The molecule has 1 saturated heterocycles. The average Bonchev–Trinajstić information content (AvgIpc) is 2.77. The van der Waals surface area contributed by atoms with Crippen LogP contribution in [0.25, 0.3) is 0 Å². The molecule has 1 fully saturated rings. The monoisotopic (exact) mass is 480 g/mol. The Morgan fingerprint density at radius 2 is 1.84 bits per heavy atom. The molecule has 5 nitrogen and oxygen atoms in total. The van der Waals surface area contributed by atoms with Crippen LogP contribution in [0.1, 0.15) is 33.1 Å². The van der Waals surface area contributed by atoms with Gasteiger partial charge in [0.1, 0.15) is 30.3 Å². The van der Waals surface area contributed by atoms with E-state index >= 15 is 0 Å². The molecule has 0 bridgehead atoms. The quantitative estimate of drug-likeness (QED) is 0.429. The lowest BCUT2D eigenvalue weighted by Crippen LogP contribution is -2.43. The summed E-state index contributed by atoms with van der Waals surface area (Å²) in [6.45, 7) is 7.92. The van der Waals surface area contributed by atoms with Gasteiger partial charge in [-0.25, -0.2) is 0 Å². The number of anilines is 1. The third kappa shape index (κ3) is 8.04. The van der Waals surface area contributed by atoms with Gasteiger partial charge in [-0.2, -0.15) is 0 Å². The Bertz CT molecular complexity index is 842. The predicted molar refractivity (Wildman–Crippen MR) is 132 cm³/mol. The second-order valence-corrected chi connectivity index (χ2v) is 9.58. The number of ether oxygens (including phenoxy) is 2. The summed E-state index contributed by atoms with van der Waals surface area (Å²) < 4.78 is 12.0. The van der Waals surface area contributed by atoms with E-state index in [9.17, 15) is 5.11 Å². The molecule has 1 heterocycles. The maximum absolute atomic E-state index is 10.5. The number of likely N-dealkylation sites (tertiary alicyclic amines) is 1. The summed E-state index contributed by atoms with van der Waals surface area (Å²) in [5, 5.41) is 15.0. The van der Waals surface area contributed by atoms with E-state index in [2.05, 4.69) is 24.1 Å². The molecule has 1 unspecified atom stereocenters. The maximum atomic E-state index is 10.5. The minimum atomic E-state index is -0.550. The highest BCUT2D eigenvalue weighted by Crippen LogP contribution is 2.28. The second kappa shape index (κ2) is 12.5. The van der Waals surface area contributed by atoms with Crippen LogP contribution < -0.4 is 14.8 Å². The van der Waals surface area contributed by atoms with E-state index in [0.717, 1.165) is 56.1 Å². The van der Waals surface area contributed by atoms with Gasteiger partial charge in [-0.1, -0.05) is 49.2 Å². The summed E-state index contributed by atoms with van der Waals surface area (Å²) in [5.41, 5.74) is 0.973. The summed E-state index contributed by atoms with van der Waals surface area (Å²) in [5.74, 6) is 2.17. The van der Waals surface area contributed by atoms with Crippen LogP contribution in [0.4, 0.5) is 5.69 Å². The number of rotatable bonds is 11. The maximum Gasteiger partial charge on any atom is 0.142 e. The van der Waals surface area contributed by atoms with Crippen LogP contribution in [-0.2, 0) is 0 Å². The summed E-state index contributed by atoms with van der Waals surface area (Å²) in [6.07, 6.45) is 2.49. The first-order valence-corrected chi connectivity index (χ1v) is 12.1. The molecule has 3 rings (SSSR count). The highest BCUT2D eigenvalue weighted by Gasteiger charge is 2.23. The number of hydrogen-bond donors (Lipinski definition) is 2. The van der Waals surface area contributed by atoms with Crippen LogP contribution in [0, 0.1) is 5.92 Å². The van der Waals surface area contributed by atoms with Gasteiger partial charge in [-0.3, -0.25) is 0 Å². The lowest BCUT2D eigenvalue weighted by Gasteiger charge is -2.33. The van der Waals surface area contributed by atoms with Gasteiger partial charge in [0.05, 0.1) is 15.7 Å². The zero-order valence-electron chi connectivity index (χ0n) is 18.9. The van der Waals surface area contributed by atoms with Crippen LogP contribution >= 0.6 is 23.2 Å². The lowest BCUT2D eigenvalue weighted by atomic mass is 10.1. The van der Waals surface area contributed by atoms with E-state index in [1.165, 1.54) is 0 Å². The van der Waals surface area contributed by atoms with E-state index in [0.29, 0.717) is 22.5 Å². The van der Waals surface area contributed by atoms with Gasteiger partial charge in [-0.05, 0) is 49.4 Å². The fourth-order valence-corrected chi connectivity index (χ4v) is 4.01. The topological polar surface area (TPSA) is 54.0 Å². The largest absolute Gasteiger partial charge is 0.490 e. The molecular formula is C25H34Cl2N2O3. The van der Waals surface area contributed by atoms with E-state index in [4.69, 9.17) is 32.7 Å². The van der Waals surface area contributed by atoms with Crippen LogP contribution in [0.15, 0.2) is 42.5 Å². The number of para-hydroxylation sites is 2. The van der Waals surface area contributed by atoms with Crippen LogP contribution in [0.3, 0.4) is 0 Å². The predicted octanol–water partition coefficient (Wildman–Crippen LogP) is 5.73. The second-order valence-electron chi connectivity index (χ2n) is 8.76. The van der Waals surface area contributed by atoms with Crippen molar-refractivity contribution < 1.29 is 14.6 Å². The molecule has 32 heavy (non-hydrogen) atoms. The number of β-amino-alcohol motifs (C(OH)–C–C–N with tert-alkyl or cyclic N) is 1. The van der Waals surface area contributed by atoms with Crippen LogP contribution in [0.5, 0.6) is 11.5 Å². The molecule has 0 aromatic heterocycles. The number of aliphatic hydroxyl groups excluding tert-OH is 1. The molecule has 1 aliphatic rings. The van der Waals surface area contributed by atoms with Gasteiger partial charge in [0.25, 0.3) is 0 Å². The third-order valence-electron chi connectivity index (χ3n) is 5.55. The molecule has 1 atom stereocenters. The zero-order valence-corrected chi connectivity index (χ0v) is 20.4. The van der Waals surface area contributed by atoms with Crippen molar-refractivity contribution in [3.8, 4) is 11.5 Å². The van der Waals surface area contributed by atoms with Crippen LogP contribution in [-0.4, -0.2) is 55.0 Å². The van der Waals surface area contributed by atoms with E-state index in [-0.39, 0.29) is 12.7 Å². The first-order chi connectivity index (χ1) is 15.4. The van der Waals surface area contributed by atoms with Gasteiger partial charge >= 0.3 is 0 Å². The molecule has 0 amide bonds. The fourth-order valence-electron chi connectivity index (χ4n) is 3.72. The molecule has 1 aliphatic heterocycles. The Balaban J connectivity index is 1.39. The van der Waals surface area contributed by atoms with E-state index in [1.54, 1.807) is 12.1 Å². The molecule has 0 aliphatic carbocycles. The van der Waals surface area contributed by atoms with Crippen molar-refractivity contribution in [3.63, 3.8) is 0 Å². The fraction of sp³-hybridized carbons (Fsp3) is 0.520. The molecule has 0 saturated carbocycles. The Hall–Kier alpha value is -1.66. The summed E-state index contributed by atoms with van der Waals surface area (Å²) in [4.78, 5) is 2.26. The molecule has 7 heteroatoms. The standard InChI is InChI=1S/C25H34Cl2N2O3/c1-18(2)9-12-28-24-5-3-4-6-25(24)31-17-19(30)16-29-13-10-20(11-14-29)32-21-7-8-22(26)23(27)15-21/h3-8,15,18-20,28,30H,9-14,16-17H2,1-2H3. The average molecular weight is 481 g/mol. The van der Waals surface area contributed by atoms with E-state index < -0.39 is 6.10 Å². The first-order valence-electron chi connectivity index (χ1n) is 11.4. The van der Waals surface area contributed by atoms with Crippen molar-refractivity contribution in [2.75, 3.05) is 38.1 Å². The van der Waals surface area contributed by atoms with Crippen molar-refractivity contribution in [2.45, 2.75) is 45.3 Å². The Kier molecular flexibility index (Phi) is 9.79. The van der Waals surface area contributed by atoms with Gasteiger partial charge in [0.15, 0.2) is 0 Å². The number of aliphatic hydroxyl groups is 1. The molecule has 0 radical (unpaired) electrons. The van der Waals surface area contributed by atoms with E-state index in [1.807, 2.05) is 30.3 Å². The Labute approximate surface area is 201 Å². The first kappa shape index (κ1) is 25.0. The van der Waals surface area contributed by atoms with Crippen molar-refractivity contribution >= 4 is 28.9 Å². The van der Waals surface area contributed by atoms with Gasteiger partial charge in [0, 0.05) is 32.2 Å². The highest BCUT2D eigenvalue weighted by molar-refractivity contribution is 6.42. The smallest absolute Gasteiger partial charge is 0.142 e. The molecule has 2 N–H and O–H groups in total. The van der Waals surface area contributed by atoms with Crippen molar-refractivity contribution in [2.24, 2.45) is 5.92 Å². The molecule has 2 aromatic rings. The molecule has 176 valence electrons. The van der Waals surface area contributed by atoms with Crippen molar-refractivity contribution in [1.29, 1.82) is 0 Å². The minimum absolute atomic E-state index is 0.140. The highest BCUT2D eigenvalue weighted by atomic mass is 35.5. The Morgan fingerprint density at radius 3 is 2.56 bits per heavy atom. The molecular weight excluding hydrogens is 447 g/mol. The number of hydrogen-bond acceptors (Lipinski definition) is 5. The number of benzene rings is 2. The van der Waals surface area contributed by atoms with Crippen LogP contribution in [0.2, 0.25) is 10.0 Å². The molecule has 2 aromatic carbocycles. The number of nitrogens with zero attached hydrogens (tertiary/aromatic N) is 1. The third-order valence-corrected chi connectivity index (χ3v) is 6.29. The Morgan fingerprint density at radius 1 is 1.09 bits per heavy atom. The SMILES string of the molecule is CC(C)CCNc1ccccc1OCC(O)CN1CCC(Oc2ccc(Cl)c(Cl)c2)CC1. The minimum Gasteiger partial charge on any atom is -0.490 e. The van der Waals surface area contributed by atoms with Crippen molar-refractivity contribution in [3.05, 3.63) is 52.5 Å². The zero-order chi connectivity index (χ0) is 22.9. The van der Waals surface area contributed by atoms with Gasteiger partial charge < -0.3 is 24.8 Å². The van der Waals surface area contributed by atoms with Crippen molar-refractivity contribution in [1.82, 2.24) is 4.90 Å². The summed E-state index contributed by atoms with van der Waals surface area (Å²) in [6, 6.07) is 13.3. The summed E-state index contributed by atoms with van der Waals surface area (Å²) >= 11 is 12.0. The van der Waals surface area contributed by atoms with Gasteiger partial charge in [0.2, 0.25) is 0 Å². The number of nitrogens with one attached hydrogen (secondary N) is 1. The van der Waals surface area contributed by atoms with Gasteiger partial charge in [-0.15, -0.1) is 0 Å². The molecule has 0 spiro atoms.